The van der Waals surface area contributed by atoms with Crippen LogP contribution in [0.2, 0.25) is 55.9 Å². The summed E-state index contributed by atoms with van der Waals surface area (Å²) in [5.74, 6) is 0. The molecule has 1 fully saturated rings. The van der Waals surface area contributed by atoms with Crippen LogP contribution in [0.5, 0.6) is 0 Å². The van der Waals surface area contributed by atoms with Gasteiger partial charge in [0.15, 0.2) is 0 Å². The predicted molar refractivity (Wildman–Crippen MR) is 108 cm³/mol. The molecule has 0 atom stereocenters. The zero-order valence-electron chi connectivity index (χ0n) is 15.2. The maximum atomic E-state index is 4.17. The minimum atomic E-state index is -1.30. The third-order valence-corrected chi connectivity index (χ3v) is 17.3. The molecule has 0 nitrogen and oxygen atoms in total. The van der Waals surface area contributed by atoms with Gasteiger partial charge < -0.3 is 0 Å². The molecule has 0 radical (unpaired) electrons. The Balaban J connectivity index is 3.13. The first-order valence-electron chi connectivity index (χ1n) is 8.41. The van der Waals surface area contributed by atoms with Crippen molar-refractivity contribution in [1.82, 2.24) is 0 Å². The zero-order valence-corrected chi connectivity index (χ0v) is 18.2. The van der Waals surface area contributed by atoms with E-state index in [4.69, 9.17) is 0 Å². The molecule has 0 bridgehead atoms. The monoisotopic (exact) mass is 336 g/mol. The minimum absolute atomic E-state index is 0.900. The second-order valence-electron chi connectivity index (χ2n) is 8.87. The molecule has 0 saturated heterocycles. The molecule has 0 aromatic carbocycles. The van der Waals surface area contributed by atoms with E-state index in [1.165, 1.54) is 19.3 Å². The Morgan fingerprint density at radius 2 is 0.762 bits per heavy atom. The summed E-state index contributed by atoms with van der Waals surface area (Å²) in [5.41, 5.74) is 9.66. The van der Waals surface area contributed by atoms with Gasteiger partial charge in [-0.2, -0.15) is 0 Å². The SMILES string of the molecule is C=C[Si](C)(C)C1CC([Si](C)(C)C=C)CC([Si](C)(C)C=C)C1. The molecule has 120 valence electrons. The maximum absolute atomic E-state index is 4.17. The van der Waals surface area contributed by atoms with Crippen LogP contribution in [0.25, 0.3) is 0 Å². The van der Waals surface area contributed by atoms with E-state index < -0.39 is 24.2 Å². The standard InChI is InChI=1S/C18H36Si3/c1-10-19(4,5)16-13-17(20(6,7)11-2)15-18(14-16)21(8,9)12-3/h10-12,16-18H,1-3,13-15H2,4-9H3. The summed E-state index contributed by atoms with van der Waals surface area (Å²) in [6.45, 7) is 27.6. The van der Waals surface area contributed by atoms with E-state index in [-0.39, 0.29) is 0 Å². The summed E-state index contributed by atoms with van der Waals surface area (Å²) in [6.07, 6.45) is 4.28. The highest BCUT2D eigenvalue weighted by Crippen LogP contribution is 2.54. The summed E-state index contributed by atoms with van der Waals surface area (Å²) >= 11 is 0. The summed E-state index contributed by atoms with van der Waals surface area (Å²) in [4.78, 5) is 0. The summed E-state index contributed by atoms with van der Waals surface area (Å²) in [6, 6.07) is 0. The highest BCUT2D eigenvalue weighted by molar-refractivity contribution is 6.87. The summed E-state index contributed by atoms with van der Waals surface area (Å²) in [7, 11) is -3.91. The zero-order chi connectivity index (χ0) is 16.5. The molecule has 1 aliphatic rings. The summed E-state index contributed by atoms with van der Waals surface area (Å²) in [5, 5.41) is 0. The van der Waals surface area contributed by atoms with Crippen LogP contribution in [-0.2, 0) is 0 Å². The highest BCUT2D eigenvalue weighted by Gasteiger charge is 2.45. The smallest absolute Gasteiger partial charge is 0.0740 e. The van der Waals surface area contributed by atoms with Crippen molar-refractivity contribution in [3.63, 3.8) is 0 Å². The minimum Gasteiger partial charge on any atom is -0.107 e. The van der Waals surface area contributed by atoms with E-state index in [0.717, 1.165) is 16.6 Å². The number of hydrogen-bond acceptors (Lipinski definition) is 0. The van der Waals surface area contributed by atoms with Gasteiger partial charge in [-0.3, -0.25) is 0 Å². The van der Waals surface area contributed by atoms with Crippen LogP contribution in [0.15, 0.2) is 36.8 Å². The Bertz CT molecular complexity index is 339. The van der Waals surface area contributed by atoms with Gasteiger partial charge in [-0.15, -0.1) is 36.8 Å². The fourth-order valence-electron chi connectivity index (χ4n) is 3.64. The van der Waals surface area contributed by atoms with Crippen LogP contribution in [0.4, 0.5) is 0 Å². The maximum Gasteiger partial charge on any atom is 0.0740 e. The van der Waals surface area contributed by atoms with Gasteiger partial charge in [-0.1, -0.05) is 58.5 Å². The fourth-order valence-corrected chi connectivity index (χ4v) is 10.7. The molecular formula is C18H36Si3. The highest BCUT2D eigenvalue weighted by atomic mass is 28.3. The van der Waals surface area contributed by atoms with E-state index in [2.05, 4.69) is 76.1 Å². The van der Waals surface area contributed by atoms with Crippen molar-refractivity contribution in [3.05, 3.63) is 36.8 Å². The quantitative estimate of drug-likeness (QED) is 0.480. The van der Waals surface area contributed by atoms with E-state index >= 15 is 0 Å². The third kappa shape index (κ3) is 4.20. The van der Waals surface area contributed by atoms with E-state index in [1.54, 1.807) is 0 Å². The van der Waals surface area contributed by atoms with Crippen LogP contribution in [0.3, 0.4) is 0 Å². The Hall–Kier alpha value is -0.129. The Labute approximate surface area is 136 Å². The molecule has 1 saturated carbocycles. The van der Waals surface area contributed by atoms with Gasteiger partial charge in [0.25, 0.3) is 0 Å². The molecule has 0 aliphatic heterocycles. The molecule has 0 unspecified atom stereocenters. The van der Waals surface area contributed by atoms with E-state index in [0.29, 0.717) is 0 Å². The first kappa shape index (κ1) is 18.9. The van der Waals surface area contributed by atoms with Gasteiger partial charge in [0.05, 0.1) is 24.2 Å². The van der Waals surface area contributed by atoms with Gasteiger partial charge in [-0.25, -0.2) is 0 Å². The molecule has 0 heterocycles. The second kappa shape index (κ2) is 6.55. The average molecular weight is 337 g/mol. The first-order chi connectivity index (χ1) is 9.50. The largest absolute Gasteiger partial charge is 0.107 e. The van der Waals surface area contributed by atoms with Gasteiger partial charge in [-0.05, 0) is 16.6 Å². The van der Waals surface area contributed by atoms with Crippen LogP contribution >= 0.6 is 0 Å². The number of rotatable bonds is 6. The Morgan fingerprint density at radius 3 is 0.905 bits per heavy atom. The molecule has 1 rings (SSSR count). The van der Waals surface area contributed by atoms with Crippen molar-refractivity contribution in [3.8, 4) is 0 Å². The van der Waals surface area contributed by atoms with Crippen LogP contribution in [0, 0.1) is 0 Å². The lowest BCUT2D eigenvalue weighted by Crippen LogP contribution is -2.44. The fraction of sp³-hybridized carbons (Fsp3) is 0.667. The molecular weight excluding hydrogens is 300 g/mol. The third-order valence-electron chi connectivity index (χ3n) is 6.44. The summed E-state index contributed by atoms with van der Waals surface area (Å²) < 4.78 is 0. The molecule has 21 heavy (non-hydrogen) atoms. The molecule has 0 amide bonds. The van der Waals surface area contributed by atoms with Gasteiger partial charge in [0, 0.05) is 0 Å². The lowest BCUT2D eigenvalue weighted by atomic mass is 9.98. The number of hydrogen-bond donors (Lipinski definition) is 0. The molecule has 1 aliphatic carbocycles. The van der Waals surface area contributed by atoms with Crippen molar-refractivity contribution in [2.45, 2.75) is 75.2 Å². The van der Waals surface area contributed by atoms with Crippen molar-refractivity contribution < 1.29 is 0 Å². The van der Waals surface area contributed by atoms with Gasteiger partial charge in [0.2, 0.25) is 0 Å². The molecule has 0 N–H and O–H groups in total. The van der Waals surface area contributed by atoms with E-state index in [1.807, 2.05) is 0 Å². The Kier molecular flexibility index (Phi) is 5.90. The Morgan fingerprint density at radius 1 is 0.571 bits per heavy atom. The van der Waals surface area contributed by atoms with Crippen molar-refractivity contribution in [2.75, 3.05) is 0 Å². The first-order valence-corrected chi connectivity index (χ1v) is 17.9. The van der Waals surface area contributed by atoms with Crippen LogP contribution < -0.4 is 0 Å². The van der Waals surface area contributed by atoms with Crippen molar-refractivity contribution in [2.24, 2.45) is 0 Å². The lowest BCUT2D eigenvalue weighted by Gasteiger charge is -2.48. The molecule has 0 aromatic heterocycles. The van der Waals surface area contributed by atoms with Crippen molar-refractivity contribution in [1.29, 1.82) is 0 Å². The average Bonchev–Trinajstić information content (AvgIpc) is 2.46. The topological polar surface area (TPSA) is 0 Å². The van der Waals surface area contributed by atoms with Crippen molar-refractivity contribution >= 4 is 24.2 Å². The normalized spacial score (nSPS) is 28.0. The molecule has 3 heteroatoms. The van der Waals surface area contributed by atoms with Crippen LogP contribution in [-0.4, -0.2) is 24.2 Å². The van der Waals surface area contributed by atoms with Gasteiger partial charge >= 0.3 is 0 Å². The van der Waals surface area contributed by atoms with Gasteiger partial charge in [0.1, 0.15) is 0 Å². The predicted octanol–water partition coefficient (Wildman–Crippen LogP) is 6.58. The van der Waals surface area contributed by atoms with E-state index in [9.17, 15) is 0 Å². The second-order valence-corrected chi connectivity index (χ2v) is 23.5. The lowest BCUT2D eigenvalue weighted by molar-refractivity contribution is 0.475. The molecule has 0 spiro atoms. The van der Waals surface area contributed by atoms with Crippen LogP contribution in [0.1, 0.15) is 19.3 Å². The molecule has 0 aromatic rings.